The van der Waals surface area contributed by atoms with Crippen molar-refractivity contribution in [1.82, 2.24) is 16.3 Å². The summed E-state index contributed by atoms with van der Waals surface area (Å²) in [6.45, 7) is 1.31. The second kappa shape index (κ2) is 9.71. The number of fused-ring (bicyclic) bond motifs is 1. The molecule has 0 fully saturated rings. The van der Waals surface area contributed by atoms with E-state index in [0.717, 1.165) is 6.42 Å². The van der Waals surface area contributed by atoms with E-state index in [9.17, 15) is 14.4 Å². The molecule has 0 unspecified atom stereocenters. The summed E-state index contributed by atoms with van der Waals surface area (Å²) in [5.41, 5.74) is 13.5. The maximum Gasteiger partial charge on any atom is 0.332 e. The van der Waals surface area contributed by atoms with Gasteiger partial charge in [0.1, 0.15) is 11.5 Å². The van der Waals surface area contributed by atoms with Crippen LogP contribution in [0.1, 0.15) is 40.3 Å². The number of furan rings is 1. The second-order valence-corrected chi connectivity index (χ2v) is 7.45. The van der Waals surface area contributed by atoms with Gasteiger partial charge >= 0.3 is 11.9 Å². The number of nitrogens with two attached hydrogens (primary N) is 1. The van der Waals surface area contributed by atoms with E-state index in [-0.39, 0.29) is 23.1 Å². The van der Waals surface area contributed by atoms with Gasteiger partial charge in [-0.05, 0) is 38.0 Å². The summed E-state index contributed by atoms with van der Waals surface area (Å²) in [4.78, 5) is 35.4. The number of carbonyl (C=O) groups excluding carboxylic acids is 3. The number of ether oxygens (including phenoxy) is 1. The van der Waals surface area contributed by atoms with Crippen LogP contribution in [0, 0.1) is 6.92 Å². The molecule has 31 heavy (non-hydrogen) atoms. The van der Waals surface area contributed by atoms with E-state index in [1.54, 1.807) is 13.0 Å². The summed E-state index contributed by atoms with van der Waals surface area (Å²) in [6.07, 6.45) is 1.94. The quantitative estimate of drug-likeness (QED) is 0.498. The van der Waals surface area contributed by atoms with Crippen LogP contribution in [0.5, 0.6) is 5.75 Å². The third kappa shape index (κ3) is 5.47. The fourth-order valence-electron chi connectivity index (χ4n) is 3.07. The Balaban J connectivity index is 1.61. The maximum atomic E-state index is 12.5. The van der Waals surface area contributed by atoms with Crippen molar-refractivity contribution in [2.45, 2.75) is 26.2 Å². The molecule has 12 heteroatoms. The number of amides is 4. The number of aryl methyl sites for hydroxylation is 1. The van der Waals surface area contributed by atoms with Gasteiger partial charge in [-0.1, -0.05) is 23.2 Å². The van der Waals surface area contributed by atoms with Gasteiger partial charge in [-0.2, -0.15) is 5.10 Å². The number of nitrogens with one attached hydrogen (secondary N) is 3. The molecule has 0 radical (unpaired) electrons. The Kier molecular flexibility index (Phi) is 7.03. The minimum Gasteiger partial charge on any atom is -0.482 e. The zero-order chi connectivity index (χ0) is 22.5. The molecule has 0 spiro atoms. The number of primary amides is 1. The molecule has 0 atom stereocenters. The van der Waals surface area contributed by atoms with Crippen LogP contribution in [0.2, 0.25) is 10.0 Å². The number of hydrazone groups is 1. The van der Waals surface area contributed by atoms with Crippen molar-refractivity contribution in [1.29, 1.82) is 0 Å². The number of urea groups is 1. The Hall–Kier alpha value is -3.24. The van der Waals surface area contributed by atoms with Crippen molar-refractivity contribution in [3.05, 3.63) is 50.9 Å². The van der Waals surface area contributed by atoms with Crippen LogP contribution in [0.4, 0.5) is 4.79 Å². The van der Waals surface area contributed by atoms with Crippen LogP contribution < -0.4 is 26.7 Å². The normalized spacial score (nSPS) is 14.0. The third-order valence-electron chi connectivity index (χ3n) is 4.40. The summed E-state index contributed by atoms with van der Waals surface area (Å²) in [5.74, 6) is -0.377. The minimum atomic E-state index is -0.788. The smallest absolute Gasteiger partial charge is 0.332 e. The molecule has 0 saturated heterocycles. The molecule has 0 bridgehead atoms. The van der Waals surface area contributed by atoms with Gasteiger partial charge in [0.2, 0.25) is 0 Å². The van der Waals surface area contributed by atoms with Crippen LogP contribution >= 0.6 is 23.2 Å². The zero-order valence-electron chi connectivity index (χ0n) is 16.4. The summed E-state index contributed by atoms with van der Waals surface area (Å²) in [6, 6.07) is 3.79. The highest BCUT2D eigenvalue weighted by atomic mass is 35.5. The first-order valence-corrected chi connectivity index (χ1v) is 9.93. The molecule has 2 aromatic rings. The largest absolute Gasteiger partial charge is 0.482 e. The van der Waals surface area contributed by atoms with Gasteiger partial charge < -0.3 is 14.9 Å². The molecule has 0 saturated carbocycles. The lowest BCUT2D eigenvalue weighted by Crippen LogP contribution is -2.43. The molecule has 0 aliphatic heterocycles. The number of nitrogens with zero attached hydrogens (tertiary/aromatic N) is 1. The van der Waals surface area contributed by atoms with Crippen LogP contribution in [-0.4, -0.2) is 30.2 Å². The molecular formula is C19H19Cl2N5O5. The summed E-state index contributed by atoms with van der Waals surface area (Å²) < 4.78 is 11.0. The van der Waals surface area contributed by atoms with E-state index in [1.165, 1.54) is 12.1 Å². The van der Waals surface area contributed by atoms with Gasteiger partial charge in [0.15, 0.2) is 12.4 Å². The Morgan fingerprint density at radius 2 is 2.00 bits per heavy atom. The van der Waals surface area contributed by atoms with E-state index in [2.05, 4.69) is 21.4 Å². The average molecular weight is 468 g/mol. The monoisotopic (exact) mass is 467 g/mol. The first kappa shape index (κ1) is 22.4. The molecule has 10 nitrogen and oxygen atoms in total. The number of carbonyl (C=O) groups is 3. The zero-order valence-corrected chi connectivity index (χ0v) is 17.9. The van der Waals surface area contributed by atoms with E-state index >= 15 is 0 Å². The van der Waals surface area contributed by atoms with Gasteiger partial charge in [0.05, 0.1) is 10.7 Å². The molecule has 1 aromatic carbocycles. The fraction of sp³-hybridized carbons (Fsp3) is 0.263. The Morgan fingerprint density at radius 3 is 2.71 bits per heavy atom. The number of hydrazine groups is 1. The Morgan fingerprint density at radius 1 is 1.23 bits per heavy atom. The van der Waals surface area contributed by atoms with Crippen molar-refractivity contribution >= 4 is 46.8 Å². The van der Waals surface area contributed by atoms with E-state index in [0.29, 0.717) is 40.5 Å². The van der Waals surface area contributed by atoms with Crippen LogP contribution in [0.25, 0.3) is 0 Å². The lowest BCUT2D eigenvalue weighted by molar-refractivity contribution is -0.123. The van der Waals surface area contributed by atoms with Crippen molar-refractivity contribution < 1.29 is 23.5 Å². The van der Waals surface area contributed by atoms with Crippen molar-refractivity contribution in [3.63, 3.8) is 0 Å². The second-order valence-electron chi connectivity index (χ2n) is 6.61. The number of hydrogen-bond acceptors (Lipinski definition) is 6. The van der Waals surface area contributed by atoms with E-state index < -0.39 is 17.8 Å². The predicted molar refractivity (Wildman–Crippen MR) is 113 cm³/mol. The van der Waals surface area contributed by atoms with Gasteiger partial charge in [-0.15, -0.1) is 0 Å². The van der Waals surface area contributed by atoms with Crippen LogP contribution in [0.3, 0.4) is 0 Å². The molecule has 1 aromatic heterocycles. The van der Waals surface area contributed by atoms with Gasteiger partial charge in [0.25, 0.3) is 5.91 Å². The lowest BCUT2D eigenvalue weighted by Gasteiger charge is -2.13. The van der Waals surface area contributed by atoms with Crippen molar-refractivity contribution in [2.75, 3.05) is 6.61 Å². The minimum absolute atomic E-state index is 0.0284. The molecule has 5 N–H and O–H groups in total. The van der Waals surface area contributed by atoms with Gasteiger partial charge in [0, 0.05) is 22.6 Å². The molecule has 3 rings (SSSR count). The molecule has 1 aliphatic carbocycles. The fourth-order valence-corrected chi connectivity index (χ4v) is 3.54. The molecule has 164 valence electrons. The van der Waals surface area contributed by atoms with Crippen molar-refractivity contribution in [3.8, 4) is 5.75 Å². The molecule has 1 aliphatic rings. The average Bonchev–Trinajstić information content (AvgIpc) is 3.07. The number of rotatable bonds is 5. The first-order valence-electron chi connectivity index (χ1n) is 9.18. The molecule has 1 heterocycles. The number of hydrogen-bond donors (Lipinski definition) is 4. The highest BCUT2D eigenvalue weighted by Crippen LogP contribution is 2.30. The predicted octanol–water partition coefficient (Wildman–Crippen LogP) is 2.44. The SMILES string of the molecule is Cc1c(C(=O)NNC(=O)COc2ccc(Cl)cc2Cl)oc2c1/C(=N/NC(N)=O)CCC2. The Labute approximate surface area is 187 Å². The highest BCUT2D eigenvalue weighted by molar-refractivity contribution is 6.35. The summed E-state index contributed by atoms with van der Waals surface area (Å²) >= 11 is 11.8. The van der Waals surface area contributed by atoms with Gasteiger partial charge in [-0.25, -0.2) is 10.2 Å². The molecular weight excluding hydrogens is 449 g/mol. The van der Waals surface area contributed by atoms with E-state index in [4.69, 9.17) is 38.1 Å². The maximum absolute atomic E-state index is 12.5. The Bertz CT molecular complexity index is 1070. The van der Waals surface area contributed by atoms with Crippen LogP contribution in [0.15, 0.2) is 27.7 Å². The lowest BCUT2D eigenvalue weighted by atomic mass is 9.93. The molecule has 4 amide bonds. The standard InChI is InChI=1S/C19H19Cl2N5O5/c1-9-16-12(23-26-19(22)29)3-2-4-14(16)31-17(9)18(28)25-24-15(27)8-30-13-6-5-10(20)7-11(13)21/h5-7H,2-4,8H2,1H3,(H,24,27)(H,25,28)(H3,22,26,29)/b23-12+. The highest BCUT2D eigenvalue weighted by Gasteiger charge is 2.28. The topological polar surface area (TPSA) is 148 Å². The number of halogens is 2. The first-order chi connectivity index (χ1) is 14.8. The number of benzene rings is 1. The summed E-state index contributed by atoms with van der Waals surface area (Å²) in [5, 5.41) is 4.68. The summed E-state index contributed by atoms with van der Waals surface area (Å²) in [7, 11) is 0. The van der Waals surface area contributed by atoms with Crippen molar-refractivity contribution in [2.24, 2.45) is 10.8 Å². The third-order valence-corrected chi connectivity index (χ3v) is 4.93. The van der Waals surface area contributed by atoms with E-state index in [1.807, 2.05) is 0 Å². The van der Waals surface area contributed by atoms with Crippen LogP contribution in [-0.2, 0) is 11.2 Å². The van der Waals surface area contributed by atoms with Gasteiger partial charge in [-0.3, -0.25) is 20.4 Å².